The van der Waals surface area contributed by atoms with E-state index in [4.69, 9.17) is 10.2 Å². The summed E-state index contributed by atoms with van der Waals surface area (Å²) in [6.07, 6.45) is 0.841. The molecule has 21 heavy (non-hydrogen) atoms. The largest absolute Gasteiger partial charge is 0.461 e. The number of hydrogen-bond acceptors (Lipinski definition) is 2. The SMILES string of the molecule is CCc1oc2ccccc2c1C(N)c1ccc(Br)cc1C. The van der Waals surface area contributed by atoms with Crippen molar-refractivity contribution in [1.29, 1.82) is 0 Å². The molecular formula is C18H18BrNO. The Morgan fingerprint density at radius 2 is 1.95 bits per heavy atom. The Balaban J connectivity index is 2.18. The number of nitrogens with two attached hydrogens (primary N) is 1. The van der Waals surface area contributed by atoms with Crippen molar-refractivity contribution in [3.05, 3.63) is 69.4 Å². The van der Waals surface area contributed by atoms with Gasteiger partial charge >= 0.3 is 0 Å². The number of fused-ring (bicyclic) bond motifs is 1. The molecule has 1 unspecified atom stereocenters. The average molecular weight is 344 g/mol. The van der Waals surface area contributed by atoms with E-state index < -0.39 is 0 Å². The van der Waals surface area contributed by atoms with E-state index in [2.05, 4.69) is 48.0 Å². The monoisotopic (exact) mass is 343 g/mol. The molecule has 0 aliphatic carbocycles. The first kappa shape index (κ1) is 14.4. The molecule has 0 spiro atoms. The molecule has 0 amide bonds. The van der Waals surface area contributed by atoms with E-state index in [1.54, 1.807) is 0 Å². The van der Waals surface area contributed by atoms with Gasteiger partial charge in [0.05, 0.1) is 6.04 Å². The fraction of sp³-hybridized carbons (Fsp3) is 0.222. The number of hydrogen-bond donors (Lipinski definition) is 1. The Bertz CT molecular complexity index is 791. The zero-order valence-electron chi connectivity index (χ0n) is 12.2. The van der Waals surface area contributed by atoms with Crippen LogP contribution >= 0.6 is 15.9 Å². The Morgan fingerprint density at radius 1 is 1.19 bits per heavy atom. The predicted molar refractivity (Wildman–Crippen MR) is 90.5 cm³/mol. The molecule has 0 saturated heterocycles. The minimum atomic E-state index is -0.170. The van der Waals surface area contributed by atoms with Gasteiger partial charge in [-0.1, -0.05) is 47.1 Å². The van der Waals surface area contributed by atoms with Gasteiger partial charge in [-0.25, -0.2) is 0 Å². The van der Waals surface area contributed by atoms with Crippen molar-refractivity contribution in [3.8, 4) is 0 Å². The second-order valence-electron chi connectivity index (χ2n) is 5.27. The quantitative estimate of drug-likeness (QED) is 0.717. The van der Waals surface area contributed by atoms with Gasteiger partial charge < -0.3 is 10.2 Å². The summed E-state index contributed by atoms with van der Waals surface area (Å²) >= 11 is 3.50. The lowest BCUT2D eigenvalue weighted by atomic mass is 9.93. The third-order valence-corrected chi connectivity index (χ3v) is 4.40. The Morgan fingerprint density at radius 3 is 2.67 bits per heavy atom. The summed E-state index contributed by atoms with van der Waals surface area (Å²) in [4.78, 5) is 0. The van der Waals surface area contributed by atoms with E-state index >= 15 is 0 Å². The first-order valence-electron chi connectivity index (χ1n) is 7.13. The van der Waals surface area contributed by atoms with Crippen molar-refractivity contribution in [2.45, 2.75) is 26.3 Å². The van der Waals surface area contributed by atoms with Crippen LogP contribution in [0.15, 0.2) is 51.4 Å². The second kappa shape index (κ2) is 5.66. The van der Waals surface area contributed by atoms with Gasteiger partial charge in [-0.15, -0.1) is 0 Å². The van der Waals surface area contributed by atoms with Crippen LogP contribution in [0.1, 0.15) is 35.4 Å². The van der Waals surface area contributed by atoms with E-state index in [9.17, 15) is 0 Å². The summed E-state index contributed by atoms with van der Waals surface area (Å²) in [5.41, 5.74) is 10.9. The zero-order chi connectivity index (χ0) is 15.0. The van der Waals surface area contributed by atoms with E-state index in [0.717, 1.165) is 38.7 Å². The molecule has 2 N–H and O–H groups in total. The Kier molecular flexibility index (Phi) is 3.87. The maximum atomic E-state index is 6.58. The van der Waals surface area contributed by atoms with Crippen LogP contribution in [-0.4, -0.2) is 0 Å². The molecule has 108 valence electrons. The minimum Gasteiger partial charge on any atom is -0.461 e. The fourth-order valence-corrected chi connectivity index (χ4v) is 3.34. The van der Waals surface area contributed by atoms with Gasteiger partial charge in [-0.2, -0.15) is 0 Å². The fourth-order valence-electron chi connectivity index (χ4n) is 2.86. The highest BCUT2D eigenvalue weighted by molar-refractivity contribution is 9.10. The number of furan rings is 1. The maximum Gasteiger partial charge on any atom is 0.134 e. The van der Waals surface area contributed by atoms with Crippen molar-refractivity contribution in [1.82, 2.24) is 0 Å². The molecular weight excluding hydrogens is 326 g/mol. The number of benzene rings is 2. The number of aryl methyl sites for hydroxylation is 2. The molecule has 0 bridgehead atoms. The van der Waals surface area contributed by atoms with E-state index in [1.807, 2.05) is 24.3 Å². The van der Waals surface area contributed by atoms with Gasteiger partial charge in [0.2, 0.25) is 0 Å². The lowest BCUT2D eigenvalue weighted by Crippen LogP contribution is -2.14. The normalized spacial score (nSPS) is 12.8. The molecule has 0 fully saturated rings. The summed E-state index contributed by atoms with van der Waals surface area (Å²) in [7, 11) is 0. The highest BCUT2D eigenvalue weighted by Gasteiger charge is 2.21. The van der Waals surface area contributed by atoms with Gasteiger partial charge in [0.25, 0.3) is 0 Å². The minimum absolute atomic E-state index is 0.170. The van der Waals surface area contributed by atoms with Crippen LogP contribution in [0.3, 0.4) is 0 Å². The van der Waals surface area contributed by atoms with Crippen LogP contribution in [0.25, 0.3) is 11.0 Å². The average Bonchev–Trinajstić information content (AvgIpc) is 2.85. The van der Waals surface area contributed by atoms with Gasteiger partial charge in [0.15, 0.2) is 0 Å². The van der Waals surface area contributed by atoms with Crippen LogP contribution in [0.2, 0.25) is 0 Å². The van der Waals surface area contributed by atoms with E-state index in [1.165, 1.54) is 5.56 Å². The molecule has 2 nitrogen and oxygen atoms in total. The van der Waals surface area contributed by atoms with Crippen molar-refractivity contribution in [3.63, 3.8) is 0 Å². The molecule has 0 aliphatic rings. The molecule has 0 aliphatic heterocycles. The lowest BCUT2D eigenvalue weighted by Gasteiger charge is -2.16. The molecule has 1 heterocycles. The van der Waals surface area contributed by atoms with Crippen molar-refractivity contribution in [2.24, 2.45) is 5.73 Å². The third-order valence-electron chi connectivity index (χ3n) is 3.91. The van der Waals surface area contributed by atoms with Crippen molar-refractivity contribution < 1.29 is 4.42 Å². The van der Waals surface area contributed by atoms with Crippen LogP contribution in [0.5, 0.6) is 0 Å². The van der Waals surface area contributed by atoms with Crippen LogP contribution in [-0.2, 0) is 6.42 Å². The summed E-state index contributed by atoms with van der Waals surface area (Å²) < 4.78 is 7.04. The highest BCUT2D eigenvalue weighted by atomic mass is 79.9. The number of rotatable bonds is 3. The zero-order valence-corrected chi connectivity index (χ0v) is 13.8. The molecule has 3 aromatic rings. The summed E-state index contributed by atoms with van der Waals surface area (Å²) in [5.74, 6) is 0.978. The molecule has 0 saturated carbocycles. The molecule has 3 heteroatoms. The molecule has 2 aromatic carbocycles. The number of para-hydroxylation sites is 1. The van der Waals surface area contributed by atoms with Gasteiger partial charge in [-0.3, -0.25) is 0 Å². The topological polar surface area (TPSA) is 39.2 Å². The highest BCUT2D eigenvalue weighted by Crippen LogP contribution is 2.34. The number of halogens is 1. The Hall–Kier alpha value is -1.58. The molecule has 1 atom stereocenters. The van der Waals surface area contributed by atoms with Crippen LogP contribution in [0, 0.1) is 6.92 Å². The molecule has 3 rings (SSSR count). The third kappa shape index (κ3) is 2.52. The summed E-state index contributed by atoms with van der Waals surface area (Å²) in [5, 5.41) is 1.11. The van der Waals surface area contributed by atoms with Gasteiger partial charge in [0.1, 0.15) is 11.3 Å². The molecule has 1 aromatic heterocycles. The van der Waals surface area contributed by atoms with E-state index in [0.29, 0.717) is 0 Å². The predicted octanol–water partition coefficient (Wildman–Crippen LogP) is 5.11. The van der Waals surface area contributed by atoms with E-state index in [-0.39, 0.29) is 6.04 Å². The Labute approximate surface area is 133 Å². The first-order chi connectivity index (χ1) is 10.1. The standard InChI is InChI=1S/C18H18BrNO/c1-3-15-17(14-6-4-5-7-16(14)21-15)18(20)13-9-8-12(19)10-11(13)2/h4-10,18H,3,20H2,1-2H3. The van der Waals surface area contributed by atoms with Crippen LogP contribution in [0.4, 0.5) is 0 Å². The summed E-state index contributed by atoms with van der Waals surface area (Å²) in [6.45, 7) is 4.19. The second-order valence-corrected chi connectivity index (χ2v) is 6.18. The van der Waals surface area contributed by atoms with Crippen molar-refractivity contribution in [2.75, 3.05) is 0 Å². The molecule has 0 radical (unpaired) electrons. The maximum absolute atomic E-state index is 6.58. The van der Waals surface area contributed by atoms with Gasteiger partial charge in [-0.05, 0) is 36.2 Å². The van der Waals surface area contributed by atoms with Crippen LogP contribution < -0.4 is 5.73 Å². The van der Waals surface area contributed by atoms with Crippen molar-refractivity contribution >= 4 is 26.9 Å². The smallest absolute Gasteiger partial charge is 0.134 e. The van der Waals surface area contributed by atoms with Gasteiger partial charge in [0, 0.05) is 21.8 Å². The summed E-state index contributed by atoms with van der Waals surface area (Å²) in [6, 6.07) is 14.2. The first-order valence-corrected chi connectivity index (χ1v) is 7.93. The lowest BCUT2D eigenvalue weighted by molar-refractivity contribution is 0.546.